The minimum Gasteiger partial charge on any atom is -0.497 e. The zero-order valence-electron chi connectivity index (χ0n) is 15.0. The van der Waals surface area contributed by atoms with Gasteiger partial charge in [-0.1, -0.05) is 24.3 Å². The minimum absolute atomic E-state index is 0.0174. The van der Waals surface area contributed by atoms with Gasteiger partial charge in [-0.3, -0.25) is 4.90 Å². The van der Waals surface area contributed by atoms with Crippen molar-refractivity contribution in [2.45, 2.75) is 32.4 Å². The Hall–Kier alpha value is -2.01. The van der Waals surface area contributed by atoms with Gasteiger partial charge in [0.05, 0.1) is 7.11 Å². The van der Waals surface area contributed by atoms with E-state index in [0.29, 0.717) is 6.54 Å². The molecular weight excluding hydrogens is 302 g/mol. The summed E-state index contributed by atoms with van der Waals surface area (Å²) in [6.07, 6.45) is 1.98. The number of carbonyl (C=O) groups is 1. The number of nitrogens with zero attached hydrogens (tertiary/aromatic N) is 2. The fourth-order valence-corrected chi connectivity index (χ4v) is 3.02. The van der Waals surface area contributed by atoms with E-state index in [0.717, 1.165) is 43.8 Å². The standard InChI is InChI=1S/C19H29N3O2/c1-15(2)13-22-10-8-17(9-11-22)20-19(23)21(3)14-16-6-5-7-18(12-16)24-4/h5-7,12,17H,1,8-11,13-14H2,2-4H3,(H,20,23). The fraction of sp³-hybridized carbons (Fsp3) is 0.526. The monoisotopic (exact) mass is 331 g/mol. The molecule has 5 nitrogen and oxygen atoms in total. The summed E-state index contributed by atoms with van der Waals surface area (Å²) in [5.74, 6) is 0.811. The molecule has 0 aromatic heterocycles. The molecule has 0 aliphatic carbocycles. The summed E-state index contributed by atoms with van der Waals surface area (Å²) in [5.41, 5.74) is 2.25. The van der Waals surface area contributed by atoms with Crippen LogP contribution in [0.5, 0.6) is 5.75 Å². The number of hydrogen-bond acceptors (Lipinski definition) is 3. The second kappa shape index (κ2) is 8.73. The van der Waals surface area contributed by atoms with Crippen molar-refractivity contribution in [3.63, 3.8) is 0 Å². The molecule has 1 N–H and O–H groups in total. The van der Waals surface area contributed by atoms with E-state index in [2.05, 4.69) is 23.7 Å². The van der Waals surface area contributed by atoms with Crippen LogP contribution in [0, 0.1) is 0 Å². The highest BCUT2D eigenvalue weighted by molar-refractivity contribution is 5.74. The Labute approximate surface area is 145 Å². The Balaban J connectivity index is 1.78. The molecule has 1 heterocycles. The molecule has 0 spiro atoms. The van der Waals surface area contributed by atoms with Gasteiger partial charge in [-0.05, 0) is 37.5 Å². The summed E-state index contributed by atoms with van der Waals surface area (Å²) >= 11 is 0. The van der Waals surface area contributed by atoms with E-state index in [4.69, 9.17) is 4.74 Å². The highest BCUT2D eigenvalue weighted by atomic mass is 16.5. The van der Waals surface area contributed by atoms with Crippen molar-refractivity contribution in [2.75, 3.05) is 33.8 Å². The van der Waals surface area contributed by atoms with Crippen LogP contribution in [0.1, 0.15) is 25.3 Å². The smallest absolute Gasteiger partial charge is 0.317 e. The van der Waals surface area contributed by atoms with Crippen molar-refractivity contribution >= 4 is 6.03 Å². The van der Waals surface area contributed by atoms with E-state index >= 15 is 0 Å². The highest BCUT2D eigenvalue weighted by Gasteiger charge is 2.21. The molecule has 1 saturated heterocycles. The summed E-state index contributed by atoms with van der Waals surface area (Å²) in [5, 5.41) is 3.15. The maximum atomic E-state index is 12.4. The van der Waals surface area contributed by atoms with Crippen LogP contribution >= 0.6 is 0 Å². The van der Waals surface area contributed by atoms with Gasteiger partial charge in [-0.2, -0.15) is 0 Å². The van der Waals surface area contributed by atoms with E-state index in [1.54, 1.807) is 12.0 Å². The first-order chi connectivity index (χ1) is 11.5. The predicted octanol–water partition coefficient (Wildman–Crippen LogP) is 2.88. The van der Waals surface area contributed by atoms with E-state index < -0.39 is 0 Å². The van der Waals surface area contributed by atoms with Crippen LogP contribution in [0.15, 0.2) is 36.4 Å². The number of urea groups is 1. The Morgan fingerprint density at radius 1 is 1.42 bits per heavy atom. The van der Waals surface area contributed by atoms with Crippen LogP contribution in [-0.2, 0) is 6.54 Å². The van der Waals surface area contributed by atoms with Gasteiger partial charge < -0.3 is 15.0 Å². The molecular formula is C19H29N3O2. The quantitative estimate of drug-likeness (QED) is 0.815. The summed E-state index contributed by atoms with van der Waals surface area (Å²) in [4.78, 5) is 16.5. The molecule has 0 bridgehead atoms. The van der Waals surface area contributed by atoms with Gasteiger partial charge in [0.1, 0.15) is 5.75 Å². The van der Waals surface area contributed by atoms with Crippen LogP contribution < -0.4 is 10.1 Å². The molecule has 0 atom stereocenters. The lowest BCUT2D eigenvalue weighted by molar-refractivity contribution is 0.182. The molecule has 132 valence electrons. The number of rotatable bonds is 6. The van der Waals surface area contributed by atoms with Crippen molar-refractivity contribution in [1.29, 1.82) is 0 Å². The van der Waals surface area contributed by atoms with E-state index in [-0.39, 0.29) is 12.1 Å². The molecule has 2 amide bonds. The summed E-state index contributed by atoms with van der Waals surface area (Å²) in [6.45, 7) is 9.57. The molecule has 1 fully saturated rings. The van der Waals surface area contributed by atoms with Gasteiger partial charge in [-0.25, -0.2) is 4.79 Å². The van der Waals surface area contributed by atoms with Crippen LogP contribution in [-0.4, -0.2) is 55.7 Å². The van der Waals surface area contributed by atoms with E-state index in [9.17, 15) is 4.79 Å². The van der Waals surface area contributed by atoms with Crippen LogP contribution in [0.3, 0.4) is 0 Å². The number of likely N-dealkylation sites (tertiary alicyclic amines) is 1. The SMILES string of the molecule is C=C(C)CN1CCC(NC(=O)N(C)Cc2cccc(OC)c2)CC1. The Morgan fingerprint density at radius 2 is 2.12 bits per heavy atom. The molecule has 2 rings (SSSR count). The van der Waals surface area contributed by atoms with E-state index in [1.807, 2.05) is 31.3 Å². The third kappa shape index (κ3) is 5.57. The van der Waals surface area contributed by atoms with Crippen LogP contribution in [0.2, 0.25) is 0 Å². The number of hydrogen-bond donors (Lipinski definition) is 1. The average Bonchev–Trinajstić information content (AvgIpc) is 2.56. The maximum absolute atomic E-state index is 12.4. The lowest BCUT2D eigenvalue weighted by atomic mass is 10.0. The topological polar surface area (TPSA) is 44.8 Å². The van der Waals surface area contributed by atoms with Crippen LogP contribution in [0.4, 0.5) is 4.79 Å². The molecule has 1 aromatic carbocycles. The zero-order chi connectivity index (χ0) is 17.5. The lowest BCUT2D eigenvalue weighted by Gasteiger charge is -2.33. The van der Waals surface area contributed by atoms with Crippen molar-refractivity contribution < 1.29 is 9.53 Å². The Morgan fingerprint density at radius 3 is 2.75 bits per heavy atom. The molecule has 0 radical (unpaired) electrons. The third-order valence-electron chi connectivity index (χ3n) is 4.31. The third-order valence-corrected chi connectivity index (χ3v) is 4.31. The fourth-order valence-electron chi connectivity index (χ4n) is 3.02. The van der Waals surface area contributed by atoms with Gasteiger partial charge in [0.2, 0.25) is 0 Å². The van der Waals surface area contributed by atoms with Gasteiger partial charge in [-0.15, -0.1) is 0 Å². The molecule has 1 aliphatic rings. The molecule has 24 heavy (non-hydrogen) atoms. The van der Waals surface area contributed by atoms with Crippen molar-refractivity contribution in [3.8, 4) is 5.75 Å². The molecule has 0 unspecified atom stereocenters. The van der Waals surface area contributed by atoms with Crippen molar-refractivity contribution in [3.05, 3.63) is 42.0 Å². The first-order valence-corrected chi connectivity index (χ1v) is 8.49. The van der Waals surface area contributed by atoms with Gasteiger partial charge in [0.15, 0.2) is 0 Å². The molecule has 1 aromatic rings. The van der Waals surface area contributed by atoms with Gasteiger partial charge in [0, 0.05) is 39.3 Å². The Bertz CT molecular complexity index is 565. The number of carbonyl (C=O) groups excluding carboxylic acids is 1. The zero-order valence-corrected chi connectivity index (χ0v) is 15.0. The van der Waals surface area contributed by atoms with E-state index in [1.165, 1.54) is 5.57 Å². The minimum atomic E-state index is -0.0174. The summed E-state index contributed by atoms with van der Waals surface area (Å²) in [6, 6.07) is 8.05. The number of methoxy groups -OCH3 is 1. The number of ether oxygens (including phenoxy) is 1. The van der Waals surface area contributed by atoms with Crippen molar-refractivity contribution in [2.24, 2.45) is 0 Å². The predicted molar refractivity (Wildman–Crippen MR) is 97.3 cm³/mol. The average molecular weight is 331 g/mol. The summed E-state index contributed by atoms with van der Waals surface area (Å²) < 4.78 is 5.23. The summed E-state index contributed by atoms with van der Waals surface area (Å²) in [7, 11) is 3.47. The number of nitrogens with one attached hydrogen (secondary N) is 1. The van der Waals surface area contributed by atoms with Crippen LogP contribution in [0.25, 0.3) is 0 Å². The highest BCUT2D eigenvalue weighted by Crippen LogP contribution is 2.15. The maximum Gasteiger partial charge on any atom is 0.317 e. The van der Waals surface area contributed by atoms with Gasteiger partial charge in [0.25, 0.3) is 0 Å². The lowest BCUT2D eigenvalue weighted by Crippen LogP contribution is -2.48. The molecule has 1 aliphatic heterocycles. The first-order valence-electron chi connectivity index (χ1n) is 8.49. The number of piperidine rings is 1. The Kier molecular flexibility index (Phi) is 6.67. The second-order valence-electron chi connectivity index (χ2n) is 6.66. The first kappa shape index (κ1) is 18.3. The normalized spacial score (nSPS) is 15.8. The second-order valence-corrected chi connectivity index (χ2v) is 6.66. The largest absolute Gasteiger partial charge is 0.497 e. The van der Waals surface area contributed by atoms with Gasteiger partial charge >= 0.3 is 6.03 Å². The number of benzene rings is 1. The number of amides is 2. The van der Waals surface area contributed by atoms with Crippen molar-refractivity contribution in [1.82, 2.24) is 15.1 Å². The molecule has 0 saturated carbocycles. The molecule has 5 heteroatoms.